The number of ether oxygens (including phenoxy) is 1. The van der Waals surface area contributed by atoms with Crippen LogP contribution in [0.5, 0.6) is 0 Å². The molecule has 0 spiro atoms. The number of amides is 1. The highest BCUT2D eigenvalue weighted by Crippen LogP contribution is 2.36. The van der Waals surface area contributed by atoms with E-state index < -0.39 is 0 Å². The maximum atomic E-state index is 11.1. The molecule has 5 heterocycles. The lowest BCUT2D eigenvalue weighted by Gasteiger charge is -2.34. The minimum absolute atomic E-state index is 0.301. The number of nitrogens with one attached hydrogen (secondary N) is 2. The van der Waals surface area contributed by atoms with Gasteiger partial charge < -0.3 is 14.5 Å². The molecule has 0 saturated carbocycles. The second-order valence-corrected chi connectivity index (χ2v) is 11.6. The molecule has 4 aromatic rings. The molecule has 2 aliphatic heterocycles. The van der Waals surface area contributed by atoms with Crippen molar-refractivity contribution in [3.8, 4) is 11.4 Å². The minimum atomic E-state index is -0.301. The van der Waals surface area contributed by atoms with Gasteiger partial charge in [0.25, 0.3) is 0 Å². The SMILES string of the molecule is O=C(CCCCCN1CCN(Cc2cc3nc(-c4cccc5[nH]ncc45)nc(N4CCOCC4)c3s2)CC1)NO. The van der Waals surface area contributed by atoms with E-state index in [1.807, 2.05) is 29.7 Å². The van der Waals surface area contributed by atoms with Crippen LogP contribution in [-0.4, -0.2) is 100 Å². The number of benzene rings is 1. The van der Waals surface area contributed by atoms with E-state index in [1.165, 1.54) is 4.88 Å². The van der Waals surface area contributed by atoms with E-state index in [-0.39, 0.29) is 5.91 Å². The van der Waals surface area contributed by atoms with Crippen LogP contribution in [0, 0.1) is 0 Å². The molecular weight excluding hydrogens is 528 g/mol. The summed E-state index contributed by atoms with van der Waals surface area (Å²) in [5.74, 6) is 1.43. The summed E-state index contributed by atoms with van der Waals surface area (Å²) in [6, 6.07) is 8.36. The Morgan fingerprint density at radius 1 is 1.05 bits per heavy atom. The maximum Gasteiger partial charge on any atom is 0.243 e. The summed E-state index contributed by atoms with van der Waals surface area (Å²) < 4.78 is 6.78. The number of piperazine rings is 1. The van der Waals surface area contributed by atoms with E-state index in [9.17, 15) is 4.79 Å². The molecule has 3 N–H and O–H groups in total. The summed E-state index contributed by atoms with van der Waals surface area (Å²) in [5, 5.41) is 16.9. The molecular formula is C28H36N8O3S. The first-order valence-corrected chi connectivity index (χ1v) is 14.9. The van der Waals surface area contributed by atoms with Crippen molar-refractivity contribution in [3.63, 3.8) is 0 Å². The number of nitrogens with zero attached hydrogens (tertiary/aromatic N) is 6. The summed E-state index contributed by atoms with van der Waals surface area (Å²) in [6.45, 7) is 9.23. The number of hydrogen-bond acceptors (Lipinski definition) is 10. The van der Waals surface area contributed by atoms with Gasteiger partial charge in [-0.2, -0.15) is 5.10 Å². The van der Waals surface area contributed by atoms with E-state index in [1.54, 1.807) is 5.48 Å². The number of hydroxylamine groups is 1. The van der Waals surface area contributed by atoms with E-state index >= 15 is 0 Å². The Kier molecular flexibility index (Phi) is 8.49. The van der Waals surface area contributed by atoms with Gasteiger partial charge in [0.1, 0.15) is 0 Å². The highest BCUT2D eigenvalue weighted by Gasteiger charge is 2.23. The van der Waals surface area contributed by atoms with Crippen LogP contribution in [0.3, 0.4) is 0 Å². The lowest BCUT2D eigenvalue weighted by Crippen LogP contribution is -2.45. The van der Waals surface area contributed by atoms with E-state index in [2.05, 4.69) is 37.0 Å². The first-order chi connectivity index (χ1) is 19.7. The largest absolute Gasteiger partial charge is 0.378 e. The topological polar surface area (TPSA) is 123 Å². The molecule has 0 unspecified atom stereocenters. The molecule has 0 radical (unpaired) electrons. The van der Waals surface area contributed by atoms with Crippen LogP contribution in [0.4, 0.5) is 5.82 Å². The molecule has 0 aliphatic carbocycles. The molecule has 2 saturated heterocycles. The van der Waals surface area contributed by atoms with Crippen molar-refractivity contribution in [2.24, 2.45) is 0 Å². The zero-order valence-electron chi connectivity index (χ0n) is 22.6. The Morgan fingerprint density at radius 3 is 2.70 bits per heavy atom. The van der Waals surface area contributed by atoms with Crippen molar-refractivity contribution >= 4 is 44.2 Å². The number of carbonyl (C=O) groups is 1. The molecule has 212 valence electrons. The average Bonchev–Trinajstić information content (AvgIpc) is 3.64. The predicted molar refractivity (Wildman–Crippen MR) is 156 cm³/mol. The third kappa shape index (κ3) is 6.11. The van der Waals surface area contributed by atoms with E-state index in [0.29, 0.717) is 19.6 Å². The van der Waals surface area contributed by atoms with Gasteiger partial charge in [0.05, 0.1) is 35.1 Å². The molecule has 2 aliphatic rings. The van der Waals surface area contributed by atoms with Crippen LogP contribution < -0.4 is 10.4 Å². The molecule has 0 atom stereocenters. The quantitative estimate of drug-likeness (QED) is 0.151. The van der Waals surface area contributed by atoms with Gasteiger partial charge in [-0.05, 0) is 31.5 Å². The van der Waals surface area contributed by atoms with Crippen LogP contribution >= 0.6 is 11.3 Å². The fourth-order valence-electron chi connectivity index (χ4n) is 5.56. The molecule has 0 bridgehead atoms. The van der Waals surface area contributed by atoms with Crippen molar-refractivity contribution in [3.05, 3.63) is 35.3 Å². The Bertz CT molecular complexity index is 1440. The molecule has 40 heavy (non-hydrogen) atoms. The molecule has 12 heteroatoms. The fourth-order valence-corrected chi connectivity index (χ4v) is 6.72. The Balaban J connectivity index is 1.15. The maximum absolute atomic E-state index is 11.1. The van der Waals surface area contributed by atoms with Crippen LogP contribution in [-0.2, 0) is 16.1 Å². The predicted octanol–water partition coefficient (Wildman–Crippen LogP) is 3.25. The number of carbonyl (C=O) groups excluding carboxylic acids is 1. The summed E-state index contributed by atoms with van der Waals surface area (Å²) in [7, 11) is 0. The number of hydrogen-bond donors (Lipinski definition) is 3. The van der Waals surface area contributed by atoms with Crippen LogP contribution in [0.1, 0.15) is 30.6 Å². The van der Waals surface area contributed by atoms with Gasteiger partial charge in [-0.1, -0.05) is 18.6 Å². The Labute approximate surface area is 237 Å². The average molecular weight is 565 g/mol. The van der Waals surface area contributed by atoms with Gasteiger partial charge >= 0.3 is 0 Å². The van der Waals surface area contributed by atoms with Crippen LogP contribution in [0.25, 0.3) is 32.5 Å². The van der Waals surface area contributed by atoms with Gasteiger partial charge in [-0.25, -0.2) is 15.4 Å². The molecule has 1 aromatic carbocycles. The second-order valence-electron chi connectivity index (χ2n) is 10.5. The monoisotopic (exact) mass is 564 g/mol. The lowest BCUT2D eigenvalue weighted by molar-refractivity contribution is -0.129. The normalized spacial score (nSPS) is 17.2. The minimum Gasteiger partial charge on any atom is -0.378 e. The van der Waals surface area contributed by atoms with Gasteiger partial charge in [-0.3, -0.25) is 20.0 Å². The third-order valence-electron chi connectivity index (χ3n) is 7.79. The van der Waals surface area contributed by atoms with Gasteiger partial charge in [0.15, 0.2) is 11.6 Å². The van der Waals surface area contributed by atoms with Gasteiger partial charge in [-0.15, -0.1) is 11.3 Å². The number of thiophene rings is 1. The van der Waals surface area contributed by atoms with Crippen molar-refractivity contribution in [2.75, 3.05) is 63.9 Å². The standard InChI is InChI=1S/C28H36N8O3S/c37-25(33-38)7-2-1-3-8-34-9-11-35(12-10-34)19-20-17-24-26(40-20)28(36-13-15-39-16-14-36)31-27(30-24)21-5-4-6-23-22(21)18-29-32-23/h4-6,17-18,38H,1-3,7-16,19H2,(H,29,32)(H,33,37). The molecule has 3 aromatic heterocycles. The van der Waals surface area contributed by atoms with Crippen LogP contribution in [0.2, 0.25) is 0 Å². The zero-order valence-corrected chi connectivity index (χ0v) is 23.5. The number of anilines is 1. The molecule has 2 fully saturated rings. The molecule has 6 rings (SSSR count). The number of fused-ring (bicyclic) bond motifs is 2. The number of H-pyrrole nitrogens is 1. The van der Waals surface area contributed by atoms with Gasteiger partial charge in [0.2, 0.25) is 5.91 Å². The summed E-state index contributed by atoms with van der Waals surface area (Å²) >= 11 is 1.81. The fraction of sp³-hybridized carbons (Fsp3) is 0.500. The van der Waals surface area contributed by atoms with Crippen molar-refractivity contribution in [1.82, 2.24) is 35.4 Å². The highest BCUT2D eigenvalue weighted by molar-refractivity contribution is 7.19. The zero-order chi connectivity index (χ0) is 27.3. The summed E-state index contributed by atoms with van der Waals surface area (Å²) in [4.78, 5) is 30.0. The number of unbranched alkanes of at least 4 members (excludes halogenated alkanes) is 2. The number of aromatic nitrogens is 4. The van der Waals surface area contributed by atoms with E-state index in [4.69, 9.17) is 19.9 Å². The van der Waals surface area contributed by atoms with Crippen LogP contribution in [0.15, 0.2) is 30.5 Å². The molecule has 1 amide bonds. The van der Waals surface area contributed by atoms with E-state index in [0.717, 1.165) is 110 Å². The first kappa shape index (κ1) is 27.0. The Hall–Kier alpha value is -3.16. The number of aromatic amines is 1. The Morgan fingerprint density at radius 2 is 1.88 bits per heavy atom. The lowest BCUT2D eigenvalue weighted by atomic mass is 10.1. The summed E-state index contributed by atoms with van der Waals surface area (Å²) in [5.41, 5.74) is 4.67. The second kappa shape index (κ2) is 12.6. The molecule has 11 nitrogen and oxygen atoms in total. The highest BCUT2D eigenvalue weighted by atomic mass is 32.1. The number of morpholine rings is 1. The van der Waals surface area contributed by atoms with Gasteiger partial charge in [0, 0.05) is 68.1 Å². The first-order valence-electron chi connectivity index (χ1n) is 14.1. The van der Waals surface area contributed by atoms with Crippen molar-refractivity contribution < 1.29 is 14.7 Å². The number of rotatable bonds is 10. The van der Waals surface area contributed by atoms with Crippen molar-refractivity contribution in [1.29, 1.82) is 0 Å². The third-order valence-corrected chi connectivity index (χ3v) is 8.89. The summed E-state index contributed by atoms with van der Waals surface area (Å²) in [6.07, 6.45) is 5.12. The smallest absolute Gasteiger partial charge is 0.243 e. The van der Waals surface area contributed by atoms with Crippen molar-refractivity contribution in [2.45, 2.75) is 32.2 Å².